The molecule has 0 heterocycles. The van der Waals surface area contributed by atoms with Crippen LogP contribution in [-0.4, -0.2) is 17.0 Å². The lowest BCUT2D eigenvalue weighted by Crippen LogP contribution is -2.27. The van der Waals surface area contributed by atoms with Crippen molar-refractivity contribution < 1.29 is 14.7 Å². The third kappa shape index (κ3) is 3.32. The van der Waals surface area contributed by atoms with Crippen molar-refractivity contribution in [3.05, 3.63) is 29.3 Å². The van der Waals surface area contributed by atoms with E-state index in [1.165, 1.54) is 6.92 Å². The van der Waals surface area contributed by atoms with Crippen molar-refractivity contribution >= 4 is 17.6 Å². The van der Waals surface area contributed by atoms with Crippen LogP contribution in [0.5, 0.6) is 0 Å². The van der Waals surface area contributed by atoms with Crippen LogP contribution >= 0.6 is 0 Å². The highest BCUT2D eigenvalue weighted by Crippen LogP contribution is 2.22. The summed E-state index contributed by atoms with van der Waals surface area (Å²) >= 11 is 0. The molecule has 1 aromatic rings. The fourth-order valence-corrected chi connectivity index (χ4v) is 1.49. The van der Waals surface area contributed by atoms with E-state index in [0.29, 0.717) is 11.6 Å². The van der Waals surface area contributed by atoms with Crippen molar-refractivity contribution in [2.45, 2.75) is 33.6 Å². The SMILES string of the molecule is Cc1ccc(C(C)C)cc1NC(=O)C(C)C(=O)O. The Morgan fingerprint density at radius 2 is 1.83 bits per heavy atom. The molecule has 1 rings (SSSR count). The van der Waals surface area contributed by atoms with E-state index in [9.17, 15) is 9.59 Å². The van der Waals surface area contributed by atoms with Crippen LogP contribution < -0.4 is 5.32 Å². The zero-order valence-electron chi connectivity index (χ0n) is 11.2. The van der Waals surface area contributed by atoms with E-state index < -0.39 is 17.8 Å². The largest absolute Gasteiger partial charge is 0.481 e. The molecule has 4 nitrogen and oxygen atoms in total. The van der Waals surface area contributed by atoms with Crippen LogP contribution in [0.1, 0.15) is 37.8 Å². The van der Waals surface area contributed by atoms with E-state index >= 15 is 0 Å². The van der Waals surface area contributed by atoms with Crippen molar-refractivity contribution in [2.75, 3.05) is 5.32 Å². The smallest absolute Gasteiger partial charge is 0.315 e. The zero-order valence-corrected chi connectivity index (χ0v) is 11.2. The molecule has 0 saturated carbocycles. The van der Waals surface area contributed by atoms with Gasteiger partial charge in [-0.1, -0.05) is 26.0 Å². The summed E-state index contributed by atoms with van der Waals surface area (Å²) in [4.78, 5) is 22.4. The van der Waals surface area contributed by atoms with Crippen molar-refractivity contribution in [3.63, 3.8) is 0 Å². The molecule has 1 amide bonds. The molecule has 0 bridgehead atoms. The highest BCUT2D eigenvalue weighted by atomic mass is 16.4. The van der Waals surface area contributed by atoms with E-state index in [1.54, 1.807) is 0 Å². The Hall–Kier alpha value is -1.84. The number of hydrogen-bond acceptors (Lipinski definition) is 2. The number of nitrogens with one attached hydrogen (secondary N) is 1. The van der Waals surface area contributed by atoms with Crippen LogP contribution in [0.2, 0.25) is 0 Å². The molecule has 0 radical (unpaired) electrons. The van der Waals surface area contributed by atoms with Gasteiger partial charge in [-0.15, -0.1) is 0 Å². The summed E-state index contributed by atoms with van der Waals surface area (Å²) in [5.41, 5.74) is 2.71. The van der Waals surface area contributed by atoms with Crippen LogP contribution in [-0.2, 0) is 9.59 Å². The minimum Gasteiger partial charge on any atom is -0.481 e. The number of aryl methyl sites for hydroxylation is 1. The molecule has 0 aliphatic rings. The summed E-state index contributed by atoms with van der Waals surface area (Å²) in [5.74, 6) is -2.30. The lowest BCUT2D eigenvalue weighted by atomic mass is 10.0. The zero-order chi connectivity index (χ0) is 13.9. The first kappa shape index (κ1) is 14.2. The Morgan fingerprint density at radius 3 is 2.33 bits per heavy atom. The number of hydrogen-bond donors (Lipinski definition) is 2. The lowest BCUT2D eigenvalue weighted by molar-refractivity contribution is -0.144. The molecule has 98 valence electrons. The fraction of sp³-hybridized carbons (Fsp3) is 0.429. The number of carbonyl (C=O) groups excluding carboxylic acids is 1. The van der Waals surface area contributed by atoms with Gasteiger partial charge in [0, 0.05) is 5.69 Å². The van der Waals surface area contributed by atoms with Crippen LogP contribution in [0.3, 0.4) is 0 Å². The molecule has 1 unspecified atom stereocenters. The van der Waals surface area contributed by atoms with Gasteiger partial charge in [0.1, 0.15) is 5.92 Å². The Bertz CT molecular complexity index is 466. The van der Waals surface area contributed by atoms with Gasteiger partial charge < -0.3 is 10.4 Å². The molecule has 0 saturated heterocycles. The summed E-state index contributed by atoms with van der Waals surface area (Å²) in [6, 6.07) is 5.83. The third-order valence-corrected chi connectivity index (χ3v) is 2.95. The maximum absolute atomic E-state index is 11.7. The number of carbonyl (C=O) groups is 2. The van der Waals surface area contributed by atoms with Gasteiger partial charge >= 0.3 is 5.97 Å². The first-order chi connectivity index (χ1) is 8.32. The first-order valence-corrected chi connectivity index (χ1v) is 5.97. The van der Waals surface area contributed by atoms with Crippen LogP contribution in [0, 0.1) is 12.8 Å². The number of carboxylic acid groups (broad SMARTS) is 1. The molecule has 1 aromatic carbocycles. The van der Waals surface area contributed by atoms with Crippen LogP contribution in [0.25, 0.3) is 0 Å². The van der Waals surface area contributed by atoms with E-state index in [2.05, 4.69) is 19.2 Å². The number of anilines is 1. The van der Waals surface area contributed by atoms with Gasteiger partial charge in [-0.05, 0) is 37.0 Å². The quantitative estimate of drug-likeness (QED) is 0.806. The Labute approximate surface area is 107 Å². The summed E-state index contributed by atoms with van der Waals surface area (Å²) in [7, 11) is 0. The minimum absolute atomic E-state index is 0.359. The number of carboxylic acids is 1. The number of rotatable bonds is 4. The first-order valence-electron chi connectivity index (χ1n) is 5.97. The van der Waals surface area contributed by atoms with E-state index in [4.69, 9.17) is 5.11 Å². The average Bonchev–Trinajstić information content (AvgIpc) is 2.30. The third-order valence-electron chi connectivity index (χ3n) is 2.95. The second kappa shape index (κ2) is 5.67. The van der Waals surface area contributed by atoms with Gasteiger partial charge in [0.25, 0.3) is 0 Å². The Kier molecular flexibility index (Phi) is 4.48. The fourth-order valence-electron chi connectivity index (χ4n) is 1.49. The minimum atomic E-state index is -1.12. The number of amides is 1. The molecular formula is C14H19NO3. The molecule has 0 aliphatic carbocycles. The van der Waals surface area contributed by atoms with Gasteiger partial charge in [-0.2, -0.15) is 0 Å². The summed E-state index contributed by atoms with van der Waals surface area (Å²) in [6.45, 7) is 7.39. The van der Waals surface area contributed by atoms with Crippen LogP contribution in [0.4, 0.5) is 5.69 Å². The van der Waals surface area contributed by atoms with Gasteiger partial charge in [-0.3, -0.25) is 9.59 Å². The molecule has 18 heavy (non-hydrogen) atoms. The highest BCUT2D eigenvalue weighted by molar-refractivity contribution is 6.04. The van der Waals surface area contributed by atoms with Crippen LogP contribution in [0.15, 0.2) is 18.2 Å². The molecule has 1 atom stereocenters. The standard InChI is InChI=1S/C14H19NO3/c1-8(2)11-6-5-9(3)12(7-11)15-13(16)10(4)14(17)18/h5-8,10H,1-4H3,(H,15,16)(H,17,18). The van der Waals surface area contributed by atoms with E-state index in [0.717, 1.165) is 11.1 Å². The summed E-state index contributed by atoms with van der Waals surface area (Å²) < 4.78 is 0. The Balaban J connectivity index is 2.93. The maximum atomic E-state index is 11.7. The van der Waals surface area contributed by atoms with E-state index in [1.807, 2.05) is 25.1 Å². The van der Waals surface area contributed by atoms with E-state index in [-0.39, 0.29) is 0 Å². The molecular weight excluding hydrogens is 230 g/mol. The second-order valence-electron chi connectivity index (χ2n) is 4.78. The second-order valence-corrected chi connectivity index (χ2v) is 4.78. The van der Waals surface area contributed by atoms with Crippen molar-refractivity contribution in [1.82, 2.24) is 0 Å². The summed E-state index contributed by atoms with van der Waals surface area (Å²) in [5, 5.41) is 11.4. The molecule has 0 aromatic heterocycles. The topological polar surface area (TPSA) is 66.4 Å². The monoisotopic (exact) mass is 249 g/mol. The lowest BCUT2D eigenvalue weighted by Gasteiger charge is -2.13. The van der Waals surface area contributed by atoms with Gasteiger partial charge in [0.2, 0.25) is 5.91 Å². The van der Waals surface area contributed by atoms with Crippen molar-refractivity contribution in [2.24, 2.45) is 5.92 Å². The number of aliphatic carboxylic acids is 1. The maximum Gasteiger partial charge on any atom is 0.315 e. The molecule has 0 aliphatic heterocycles. The molecule has 2 N–H and O–H groups in total. The van der Waals surface area contributed by atoms with Crippen molar-refractivity contribution in [3.8, 4) is 0 Å². The normalized spacial score (nSPS) is 12.3. The predicted molar refractivity (Wildman–Crippen MR) is 70.7 cm³/mol. The molecule has 4 heteroatoms. The Morgan fingerprint density at radius 1 is 1.22 bits per heavy atom. The summed E-state index contributed by atoms with van der Waals surface area (Å²) in [6.07, 6.45) is 0. The van der Waals surface area contributed by atoms with Gasteiger partial charge in [0.05, 0.1) is 0 Å². The molecule has 0 fully saturated rings. The number of benzene rings is 1. The highest BCUT2D eigenvalue weighted by Gasteiger charge is 2.21. The average molecular weight is 249 g/mol. The van der Waals surface area contributed by atoms with Crippen molar-refractivity contribution in [1.29, 1.82) is 0 Å². The predicted octanol–water partition coefficient (Wildman–Crippen LogP) is 2.78. The van der Waals surface area contributed by atoms with Gasteiger partial charge in [-0.25, -0.2) is 0 Å². The van der Waals surface area contributed by atoms with Gasteiger partial charge in [0.15, 0.2) is 0 Å². The molecule has 0 spiro atoms.